The van der Waals surface area contributed by atoms with Gasteiger partial charge in [0.2, 0.25) is 0 Å². The Hall–Kier alpha value is -3.15. The van der Waals surface area contributed by atoms with Gasteiger partial charge in [0.1, 0.15) is 12.4 Å². The first-order valence-electron chi connectivity index (χ1n) is 12.3. The molecule has 34 heavy (non-hydrogen) atoms. The smallest absolute Gasteiger partial charge is 0.335 e. The van der Waals surface area contributed by atoms with E-state index < -0.39 is 5.97 Å². The topological polar surface area (TPSA) is 61.8 Å². The van der Waals surface area contributed by atoms with Crippen molar-refractivity contribution >= 4 is 22.8 Å². The Morgan fingerprint density at radius 1 is 0.971 bits per heavy atom. The van der Waals surface area contributed by atoms with E-state index in [4.69, 9.17) is 4.74 Å². The summed E-state index contributed by atoms with van der Waals surface area (Å²) in [6.45, 7) is 3.59. The van der Waals surface area contributed by atoms with E-state index in [0.717, 1.165) is 40.2 Å². The Morgan fingerprint density at radius 2 is 1.71 bits per heavy atom. The van der Waals surface area contributed by atoms with Gasteiger partial charge in [0, 0.05) is 24.0 Å². The number of ether oxygens (including phenoxy) is 1. The standard InChI is InChI=1S/C29H32N2O3/c32-29(33)24-10-8-21(9-11-24)18-22(19-30-25-14-16-31(17-15-25)26-12-13-26)20-34-28-7-3-5-23-4-1-2-6-27(23)28/h1-11,18,25-26,30H,12-17,19-20H2,(H,32,33)/b22-18+. The van der Waals surface area contributed by atoms with Gasteiger partial charge in [-0.05, 0) is 73.5 Å². The molecule has 1 aliphatic carbocycles. The second-order valence-electron chi connectivity index (χ2n) is 9.42. The third-order valence-electron chi connectivity index (χ3n) is 6.90. The van der Waals surface area contributed by atoms with Gasteiger partial charge in [0.25, 0.3) is 0 Å². The molecule has 0 atom stereocenters. The maximum atomic E-state index is 11.2. The van der Waals surface area contributed by atoms with Crippen LogP contribution >= 0.6 is 0 Å². The molecule has 5 nitrogen and oxygen atoms in total. The number of carboxylic acid groups (broad SMARTS) is 1. The zero-order chi connectivity index (χ0) is 23.3. The van der Waals surface area contributed by atoms with Crippen LogP contribution < -0.4 is 10.1 Å². The molecule has 1 saturated carbocycles. The van der Waals surface area contributed by atoms with Crippen LogP contribution in [0.3, 0.4) is 0 Å². The summed E-state index contributed by atoms with van der Waals surface area (Å²) < 4.78 is 6.30. The van der Waals surface area contributed by atoms with Crippen molar-refractivity contribution in [1.82, 2.24) is 10.2 Å². The fraction of sp³-hybridized carbons (Fsp3) is 0.345. The van der Waals surface area contributed by atoms with Crippen LogP contribution in [0.15, 0.2) is 72.3 Å². The highest BCUT2D eigenvalue weighted by Crippen LogP contribution is 2.29. The number of fused-ring (bicyclic) bond motifs is 1. The summed E-state index contributed by atoms with van der Waals surface area (Å²) in [5.74, 6) is -0.0304. The van der Waals surface area contributed by atoms with E-state index in [0.29, 0.717) is 18.2 Å². The van der Waals surface area contributed by atoms with Crippen LogP contribution in [-0.4, -0.2) is 54.3 Å². The molecule has 3 aromatic rings. The predicted octanol–water partition coefficient (Wildman–Crippen LogP) is 5.22. The van der Waals surface area contributed by atoms with E-state index in [1.807, 2.05) is 36.4 Å². The lowest BCUT2D eigenvalue weighted by molar-refractivity contribution is 0.0697. The largest absolute Gasteiger partial charge is 0.489 e. The van der Waals surface area contributed by atoms with Crippen LogP contribution in [0, 0.1) is 0 Å². The summed E-state index contributed by atoms with van der Waals surface area (Å²) in [6, 6.07) is 22.8. The molecule has 2 fully saturated rings. The Morgan fingerprint density at radius 3 is 2.44 bits per heavy atom. The molecule has 176 valence electrons. The van der Waals surface area contributed by atoms with Gasteiger partial charge in [0.05, 0.1) is 5.56 Å². The van der Waals surface area contributed by atoms with Gasteiger partial charge in [-0.3, -0.25) is 0 Å². The van der Waals surface area contributed by atoms with E-state index >= 15 is 0 Å². The van der Waals surface area contributed by atoms with Gasteiger partial charge in [-0.15, -0.1) is 0 Å². The molecule has 0 radical (unpaired) electrons. The SMILES string of the molecule is O=C(O)c1ccc(/C=C(\CNC2CCN(C3CC3)CC2)COc2cccc3ccccc23)cc1. The summed E-state index contributed by atoms with van der Waals surface area (Å²) in [5.41, 5.74) is 2.42. The highest BCUT2D eigenvalue weighted by Gasteiger charge is 2.31. The van der Waals surface area contributed by atoms with E-state index in [1.165, 1.54) is 38.8 Å². The number of piperidine rings is 1. The van der Waals surface area contributed by atoms with Crippen LogP contribution in [0.25, 0.3) is 16.8 Å². The molecule has 5 heteroatoms. The van der Waals surface area contributed by atoms with Crippen LogP contribution in [0.4, 0.5) is 0 Å². The second-order valence-corrected chi connectivity index (χ2v) is 9.42. The summed E-state index contributed by atoms with van der Waals surface area (Å²) in [5, 5.41) is 15.2. The van der Waals surface area contributed by atoms with Crippen molar-refractivity contribution in [3.8, 4) is 5.75 Å². The maximum absolute atomic E-state index is 11.2. The van der Waals surface area contributed by atoms with E-state index in [-0.39, 0.29) is 0 Å². The molecule has 5 rings (SSSR count). The molecule has 1 saturated heterocycles. The van der Waals surface area contributed by atoms with Gasteiger partial charge in [-0.2, -0.15) is 0 Å². The number of hydrogen-bond acceptors (Lipinski definition) is 4. The zero-order valence-electron chi connectivity index (χ0n) is 19.5. The number of aromatic carboxylic acids is 1. The minimum absolute atomic E-state index is 0.297. The Kier molecular flexibility index (Phi) is 6.93. The fourth-order valence-electron chi connectivity index (χ4n) is 4.78. The number of likely N-dealkylation sites (tertiary alicyclic amines) is 1. The number of nitrogens with zero attached hydrogens (tertiary/aromatic N) is 1. The van der Waals surface area contributed by atoms with Crippen LogP contribution in [0.5, 0.6) is 5.75 Å². The van der Waals surface area contributed by atoms with Crippen molar-refractivity contribution in [3.05, 3.63) is 83.4 Å². The van der Waals surface area contributed by atoms with Crippen molar-refractivity contribution in [3.63, 3.8) is 0 Å². The highest BCUT2D eigenvalue weighted by atomic mass is 16.5. The van der Waals surface area contributed by atoms with Gasteiger partial charge < -0.3 is 20.1 Å². The third kappa shape index (κ3) is 5.66. The van der Waals surface area contributed by atoms with Gasteiger partial charge in [0.15, 0.2) is 0 Å². The molecule has 0 aromatic heterocycles. The number of carbonyl (C=O) groups is 1. The number of benzene rings is 3. The van der Waals surface area contributed by atoms with Crippen molar-refractivity contribution in [2.45, 2.75) is 37.8 Å². The van der Waals surface area contributed by atoms with Crippen molar-refractivity contribution in [1.29, 1.82) is 0 Å². The lowest BCUT2D eigenvalue weighted by Gasteiger charge is -2.32. The fourth-order valence-corrected chi connectivity index (χ4v) is 4.78. The van der Waals surface area contributed by atoms with E-state index in [9.17, 15) is 9.90 Å². The van der Waals surface area contributed by atoms with Gasteiger partial charge >= 0.3 is 5.97 Å². The number of nitrogens with one attached hydrogen (secondary N) is 1. The lowest BCUT2D eigenvalue weighted by Crippen LogP contribution is -2.44. The lowest BCUT2D eigenvalue weighted by atomic mass is 10.0. The number of rotatable bonds is 9. The molecule has 2 N–H and O–H groups in total. The van der Waals surface area contributed by atoms with Crippen LogP contribution in [0.1, 0.15) is 41.6 Å². The Bertz CT molecular complexity index is 1150. The highest BCUT2D eigenvalue weighted by molar-refractivity contribution is 5.88. The Labute approximate surface area is 201 Å². The summed E-state index contributed by atoms with van der Waals surface area (Å²) in [6.07, 6.45) is 7.22. The number of hydrogen-bond donors (Lipinski definition) is 2. The van der Waals surface area contributed by atoms with Crippen molar-refractivity contribution < 1.29 is 14.6 Å². The number of carboxylic acids is 1. The summed E-state index contributed by atoms with van der Waals surface area (Å²) in [7, 11) is 0. The monoisotopic (exact) mass is 456 g/mol. The average Bonchev–Trinajstić information content (AvgIpc) is 3.72. The van der Waals surface area contributed by atoms with Crippen molar-refractivity contribution in [2.75, 3.05) is 26.2 Å². The first-order valence-corrected chi connectivity index (χ1v) is 12.3. The van der Waals surface area contributed by atoms with E-state index in [2.05, 4.69) is 34.5 Å². The Balaban J connectivity index is 1.28. The summed E-state index contributed by atoms with van der Waals surface area (Å²) >= 11 is 0. The summed E-state index contributed by atoms with van der Waals surface area (Å²) in [4.78, 5) is 13.8. The van der Waals surface area contributed by atoms with E-state index in [1.54, 1.807) is 12.1 Å². The van der Waals surface area contributed by atoms with Gasteiger partial charge in [-0.1, -0.05) is 54.6 Å². The van der Waals surface area contributed by atoms with Crippen LogP contribution in [0.2, 0.25) is 0 Å². The normalized spacial score (nSPS) is 17.7. The molecule has 0 unspecified atom stereocenters. The first kappa shape index (κ1) is 22.6. The third-order valence-corrected chi connectivity index (χ3v) is 6.90. The molecule has 0 bridgehead atoms. The quantitative estimate of drug-likeness (QED) is 0.462. The van der Waals surface area contributed by atoms with Crippen molar-refractivity contribution in [2.24, 2.45) is 0 Å². The minimum Gasteiger partial charge on any atom is -0.489 e. The minimum atomic E-state index is -0.908. The molecule has 0 amide bonds. The molecule has 0 spiro atoms. The zero-order valence-corrected chi connectivity index (χ0v) is 19.5. The molecule has 3 aromatic carbocycles. The molecule has 2 aliphatic rings. The first-order chi connectivity index (χ1) is 16.7. The maximum Gasteiger partial charge on any atom is 0.335 e. The molecule has 1 aliphatic heterocycles. The molecule has 1 heterocycles. The van der Waals surface area contributed by atoms with Crippen LogP contribution in [-0.2, 0) is 0 Å². The van der Waals surface area contributed by atoms with Gasteiger partial charge in [-0.25, -0.2) is 4.79 Å². The average molecular weight is 457 g/mol. The second kappa shape index (κ2) is 10.4. The predicted molar refractivity (Wildman–Crippen MR) is 136 cm³/mol. The molecular weight excluding hydrogens is 424 g/mol. The molecular formula is C29H32N2O3.